The van der Waals surface area contributed by atoms with Crippen LogP contribution >= 0.6 is 0 Å². The molecule has 3 aliphatic carbocycles. The summed E-state index contributed by atoms with van der Waals surface area (Å²) in [4.78, 5) is 40.3. The standard InChI is InChI=1S/C25H27N3O7/c1-27-8-4-5-11-6-7-15(29)17-13(11)9-12-10-14-19(28(2)3)21(31)18(24(26)34)23(33)25(14,35)22(32)16(12)20(17)30/h6-7,12,14,19,27,29-30,33,35H,8-10H2,1-3H3,(H2,26,34)/t12-,14-,19+,25-/m0/s1. The SMILES string of the molecule is CNCC#Cc1ccc(O)c2c1C[C@H]1C[C@H]3[C@@H](N(C)C)C(=O)C(C(N)=O)=C(O)[C@@]3(O)C(=O)C1=C2O. The van der Waals surface area contributed by atoms with Crippen LogP contribution < -0.4 is 11.1 Å². The van der Waals surface area contributed by atoms with Gasteiger partial charge in [-0.3, -0.25) is 19.3 Å². The minimum absolute atomic E-state index is 0.0255. The number of rotatable bonds is 3. The third-order valence-corrected chi connectivity index (χ3v) is 7.09. The molecule has 10 heteroatoms. The lowest BCUT2D eigenvalue weighted by Crippen LogP contribution is -2.65. The summed E-state index contributed by atoms with van der Waals surface area (Å²) >= 11 is 0. The number of aromatic hydroxyl groups is 1. The van der Waals surface area contributed by atoms with E-state index in [0.717, 1.165) is 0 Å². The molecule has 0 heterocycles. The van der Waals surface area contributed by atoms with Gasteiger partial charge in [0.1, 0.15) is 22.8 Å². The van der Waals surface area contributed by atoms with Gasteiger partial charge in [0.15, 0.2) is 11.4 Å². The highest BCUT2D eigenvalue weighted by molar-refractivity contribution is 6.24. The van der Waals surface area contributed by atoms with Crippen LogP contribution in [0.5, 0.6) is 5.75 Å². The molecule has 1 fully saturated rings. The van der Waals surface area contributed by atoms with Gasteiger partial charge in [0.25, 0.3) is 5.91 Å². The number of hydrogen-bond donors (Lipinski definition) is 6. The maximum atomic E-state index is 13.7. The monoisotopic (exact) mass is 481 g/mol. The number of amides is 1. The molecule has 4 rings (SSSR count). The van der Waals surface area contributed by atoms with Gasteiger partial charge in [0.2, 0.25) is 5.78 Å². The number of aliphatic hydroxyl groups excluding tert-OH is 2. The molecule has 0 aliphatic heterocycles. The predicted molar refractivity (Wildman–Crippen MR) is 125 cm³/mol. The molecule has 1 saturated carbocycles. The number of hydrogen-bond acceptors (Lipinski definition) is 9. The number of fused-ring (bicyclic) bond motifs is 3. The first-order valence-corrected chi connectivity index (χ1v) is 11.1. The molecule has 35 heavy (non-hydrogen) atoms. The van der Waals surface area contributed by atoms with Gasteiger partial charge in [-0.1, -0.05) is 11.8 Å². The topological polar surface area (TPSA) is 173 Å². The molecule has 4 atom stereocenters. The van der Waals surface area contributed by atoms with Crippen LogP contribution in [0, 0.1) is 23.7 Å². The van der Waals surface area contributed by atoms with Crippen LogP contribution in [-0.2, 0) is 20.8 Å². The molecule has 184 valence electrons. The van der Waals surface area contributed by atoms with E-state index in [4.69, 9.17) is 5.73 Å². The molecule has 0 unspecified atom stereocenters. The Morgan fingerprint density at radius 2 is 1.94 bits per heavy atom. The van der Waals surface area contributed by atoms with Crippen LogP contribution in [0.3, 0.4) is 0 Å². The zero-order chi connectivity index (χ0) is 25.8. The van der Waals surface area contributed by atoms with E-state index in [2.05, 4.69) is 17.2 Å². The van der Waals surface area contributed by atoms with Gasteiger partial charge in [-0.15, -0.1) is 0 Å². The Morgan fingerprint density at radius 3 is 2.54 bits per heavy atom. The van der Waals surface area contributed by atoms with Gasteiger partial charge in [0.05, 0.1) is 18.2 Å². The molecule has 0 bridgehead atoms. The van der Waals surface area contributed by atoms with E-state index in [1.807, 2.05) is 0 Å². The Hall–Kier alpha value is -3.65. The second kappa shape index (κ2) is 8.53. The van der Waals surface area contributed by atoms with Crippen molar-refractivity contribution in [3.05, 3.63) is 45.7 Å². The highest BCUT2D eigenvalue weighted by Crippen LogP contribution is 2.52. The highest BCUT2D eigenvalue weighted by Gasteiger charge is 2.64. The van der Waals surface area contributed by atoms with Crippen LogP contribution in [0.15, 0.2) is 29.0 Å². The van der Waals surface area contributed by atoms with E-state index in [9.17, 15) is 34.8 Å². The van der Waals surface area contributed by atoms with Gasteiger partial charge in [-0.2, -0.15) is 0 Å². The molecule has 1 aromatic carbocycles. The van der Waals surface area contributed by atoms with Crippen molar-refractivity contribution in [1.29, 1.82) is 0 Å². The van der Waals surface area contributed by atoms with Crippen molar-refractivity contribution in [2.75, 3.05) is 27.7 Å². The number of carbonyl (C=O) groups excluding carboxylic acids is 3. The van der Waals surface area contributed by atoms with E-state index in [0.29, 0.717) is 17.7 Å². The molecule has 0 radical (unpaired) electrons. The van der Waals surface area contributed by atoms with E-state index < -0.39 is 58.0 Å². The highest BCUT2D eigenvalue weighted by atomic mass is 16.3. The molecule has 3 aliphatic rings. The summed E-state index contributed by atoms with van der Waals surface area (Å²) in [6, 6.07) is 1.86. The first-order valence-electron chi connectivity index (χ1n) is 11.1. The Kier molecular flexibility index (Phi) is 5.97. The number of primary amides is 1. The Morgan fingerprint density at radius 1 is 1.26 bits per heavy atom. The minimum atomic E-state index is -2.65. The summed E-state index contributed by atoms with van der Waals surface area (Å²) < 4.78 is 0. The lowest BCUT2D eigenvalue weighted by Gasteiger charge is -2.50. The number of Topliss-reactive ketones (excluding diaryl/α,β-unsaturated/α-hetero) is 2. The van der Waals surface area contributed by atoms with E-state index in [-0.39, 0.29) is 29.7 Å². The lowest BCUT2D eigenvalue weighted by atomic mass is 9.57. The zero-order valence-electron chi connectivity index (χ0n) is 19.5. The number of nitrogens with two attached hydrogens (primary N) is 1. The number of nitrogens with zero attached hydrogens (tertiary/aromatic N) is 1. The molecule has 0 saturated heterocycles. The van der Waals surface area contributed by atoms with Crippen molar-refractivity contribution in [3.8, 4) is 17.6 Å². The number of phenolic OH excluding ortho intramolecular Hbond substituents is 1. The summed E-state index contributed by atoms with van der Waals surface area (Å²) in [6.45, 7) is 0.417. The summed E-state index contributed by atoms with van der Waals surface area (Å²) in [5.41, 5.74) is 2.77. The largest absolute Gasteiger partial charge is 0.508 e. The number of nitrogens with one attached hydrogen (secondary N) is 1. The van der Waals surface area contributed by atoms with E-state index in [1.165, 1.54) is 11.0 Å². The molecule has 0 aromatic heterocycles. The number of carbonyl (C=O) groups is 3. The first kappa shape index (κ1) is 24.5. The molecular formula is C25H27N3O7. The van der Waals surface area contributed by atoms with Crippen LogP contribution in [-0.4, -0.2) is 82.1 Å². The zero-order valence-corrected chi connectivity index (χ0v) is 19.5. The summed E-state index contributed by atoms with van der Waals surface area (Å²) in [6.07, 6.45) is 0.233. The first-order chi connectivity index (χ1) is 16.5. The molecule has 7 N–H and O–H groups in total. The van der Waals surface area contributed by atoms with Crippen molar-refractivity contribution in [3.63, 3.8) is 0 Å². The average molecular weight is 482 g/mol. The van der Waals surface area contributed by atoms with Crippen molar-refractivity contribution in [2.24, 2.45) is 17.6 Å². The maximum absolute atomic E-state index is 13.7. The van der Waals surface area contributed by atoms with Crippen LogP contribution in [0.1, 0.15) is 23.1 Å². The predicted octanol–water partition coefficient (Wildman–Crippen LogP) is -0.465. The number of likely N-dealkylation sites (N-methyl/N-ethyl adjacent to an activating group) is 1. The third kappa shape index (κ3) is 3.43. The quantitative estimate of drug-likeness (QED) is 0.246. The normalized spacial score (nSPS) is 27.7. The van der Waals surface area contributed by atoms with Gasteiger partial charge in [0, 0.05) is 17.1 Å². The fourth-order valence-electron chi connectivity index (χ4n) is 5.59. The molecular weight excluding hydrogens is 454 g/mol. The Bertz CT molecular complexity index is 1280. The lowest BCUT2D eigenvalue weighted by molar-refractivity contribution is -0.153. The molecule has 1 aromatic rings. The van der Waals surface area contributed by atoms with E-state index in [1.54, 1.807) is 27.2 Å². The smallest absolute Gasteiger partial charge is 0.255 e. The summed E-state index contributed by atoms with van der Waals surface area (Å²) in [5, 5.41) is 47.0. The van der Waals surface area contributed by atoms with Gasteiger partial charge < -0.3 is 31.5 Å². The van der Waals surface area contributed by atoms with E-state index >= 15 is 0 Å². The number of aliphatic hydroxyl groups is 3. The molecule has 0 spiro atoms. The van der Waals surface area contributed by atoms with Crippen LogP contribution in [0.4, 0.5) is 0 Å². The summed E-state index contributed by atoms with van der Waals surface area (Å²) in [5.74, 6) is -0.815. The maximum Gasteiger partial charge on any atom is 0.255 e. The average Bonchev–Trinajstić information content (AvgIpc) is 2.77. The fourth-order valence-corrected chi connectivity index (χ4v) is 5.59. The van der Waals surface area contributed by atoms with Gasteiger partial charge in [-0.05, 0) is 57.6 Å². The van der Waals surface area contributed by atoms with Crippen molar-refractivity contribution >= 4 is 23.2 Å². The second-order valence-electron chi connectivity index (χ2n) is 9.28. The summed E-state index contributed by atoms with van der Waals surface area (Å²) in [7, 11) is 4.86. The van der Waals surface area contributed by atoms with Gasteiger partial charge in [-0.25, -0.2) is 0 Å². The Labute approximate surface area is 201 Å². The second-order valence-corrected chi connectivity index (χ2v) is 9.28. The minimum Gasteiger partial charge on any atom is -0.508 e. The fraction of sp³-hybridized carbons (Fsp3) is 0.400. The molecule has 10 nitrogen and oxygen atoms in total. The Balaban J connectivity index is 1.95. The van der Waals surface area contributed by atoms with Crippen molar-refractivity contribution in [1.82, 2.24) is 10.2 Å². The number of ketones is 2. The molecule has 1 amide bonds. The van der Waals surface area contributed by atoms with Crippen molar-refractivity contribution < 1.29 is 34.8 Å². The van der Waals surface area contributed by atoms with Crippen LogP contribution in [0.25, 0.3) is 5.76 Å². The number of phenols is 1. The van der Waals surface area contributed by atoms with Crippen molar-refractivity contribution in [2.45, 2.75) is 24.5 Å². The third-order valence-electron chi connectivity index (χ3n) is 7.09. The van der Waals surface area contributed by atoms with Gasteiger partial charge >= 0.3 is 0 Å². The number of benzene rings is 1. The van der Waals surface area contributed by atoms with Crippen LogP contribution in [0.2, 0.25) is 0 Å².